The molecular weight excluding hydrogens is 202 g/mol. The Kier molecular flexibility index (Phi) is 3.69. The maximum atomic E-state index is 5.67. The van der Waals surface area contributed by atoms with Crippen LogP contribution in [0.2, 0.25) is 0 Å². The van der Waals surface area contributed by atoms with Crippen molar-refractivity contribution >= 4 is 5.82 Å². The monoisotopic (exact) mass is 221 g/mol. The van der Waals surface area contributed by atoms with Gasteiger partial charge in [0.05, 0.1) is 5.69 Å². The lowest BCUT2D eigenvalue weighted by atomic mass is 10.3. The van der Waals surface area contributed by atoms with Crippen molar-refractivity contribution in [2.45, 2.75) is 13.5 Å². The molecule has 2 rings (SSSR count). The fourth-order valence-electron chi connectivity index (χ4n) is 2.04. The summed E-state index contributed by atoms with van der Waals surface area (Å²) in [6.07, 6.45) is 3.44. The molecule has 88 valence electrons. The first kappa shape index (κ1) is 11.3. The average Bonchev–Trinajstić information content (AvgIpc) is 2.39. The molecule has 1 fully saturated rings. The largest absolute Gasteiger partial charge is 0.353 e. The van der Waals surface area contributed by atoms with E-state index in [-0.39, 0.29) is 0 Å². The molecule has 0 bridgehead atoms. The van der Waals surface area contributed by atoms with Gasteiger partial charge >= 0.3 is 0 Å². The number of likely N-dealkylation sites (N-methyl/N-ethyl adjacent to an activating group) is 1. The van der Waals surface area contributed by atoms with Gasteiger partial charge in [0.2, 0.25) is 0 Å². The minimum Gasteiger partial charge on any atom is -0.353 e. The minimum atomic E-state index is 0.456. The lowest BCUT2D eigenvalue weighted by Crippen LogP contribution is -2.46. The number of hydrogen-bond donors (Lipinski definition) is 1. The summed E-state index contributed by atoms with van der Waals surface area (Å²) in [7, 11) is 0. The van der Waals surface area contributed by atoms with E-state index < -0.39 is 0 Å². The van der Waals surface area contributed by atoms with Gasteiger partial charge in [0.1, 0.15) is 0 Å². The highest BCUT2D eigenvalue weighted by Crippen LogP contribution is 2.16. The SMILES string of the molecule is CCN1CCN(c2nccnc2CN)CC1. The summed E-state index contributed by atoms with van der Waals surface area (Å²) in [4.78, 5) is 13.4. The van der Waals surface area contributed by atoms with Crippen LogP contribution in [0.3, 0.4) is 0 Å². The van der Waals surface area contributed by atoms with Gasteiger partial charge in [-0.2, -0.15) is 0 Å². The Labute approximate surface area is 96.3 Å². The van der Waals surface area contributed by atoms with E-state index >= 15 is 0 Å². The van der Waals surface area contributed by atoms with Crippen molar-refractivity contribution in [3.63, 3.8) is 0 Å². The maximum Gasteiger partial charge on any atom is 0.151 e. The fraction of sp³-hybridized carbons (Fsp3) is 0.636. The first-order chi connectivity index (χ1) is 7.85. The van der Waals surface area contributed by atoms with Crippen molar-refractivity contribution < 1.29 is 0 Å². The van der Waals surface area contributed by atoms with Crippen LogP contribution in [0, 0.1) is 0 Å². The standard InChI is InChI=1S/C11H19N5/c1-2-15-5-7-16(8-6-15)11-10(9-12)13-3-4-14-11/h3-4H,2,5-9,12H2,1H3. The van der Waals surface area contributed by atoms with Crippen molar-refractivity contribution in [3.8, 4) is 0 Å². The first-order valence-electron chi connectivity index (χ1n) is 5.82. The number of rotatable bonds is 3. The third-order valence-electron chi connectivity index (χ3n) is 3.06. The summed E-state index contributed by atoms with van der Waals surface area (Å²) in [5.41, 5.74) is 6.57. The van der Waals surface area contributed by atoms with Gasteiger partial charge in [-0.05, 0) is 6.54 Å². The highest BCUT2D eigenvalue weighted by atomic mass is 15.3. The molecule has 0 amide bonds. The smallest absolute Gasteiger partial charge is 0.151 e. The van der Waals surface area contributed by atoms with Crippen LogP contribution in [0.5, 0.6) is 0 Å². The Morgan fingerprint density at radius 2 is 1.88 bits per heavy atom. The van der Waals surface area contributed by atoms with Crippen molar-refractivity contribution in [2.75, 3.05) is 37.6 Å². The molecule has 0 saturated carbocycles. The lowest BCUT2D eigenvalue weighted by Gasteiger charge is -2.35. The van der Waals surface area contributed by atoms with Crippen molar-refractivity contribution in [2.24, 2.45) is 5.73 Å². The third-order valence-corrected chi connectivity index (χ3v) is 3.06. The van der Waals surface area contributed by atoms with Crippen LogP contribution in [0.1, 0.15) is 12.6 Å². The van der Waals surface area contributed by atoms with Gasteiger partial charge < -0.3 is 15.5 Å². The van der Waals surface area contributed by atoms with E-state index in [4.69, 9.17) is 5.73 Å². The van der Waals surface area contributed by atoms with Crippen molar-refractivity contribution in [1.82, 2.24) is 14.9 Å². The molecule has 0 radical (unpaired) electrons. The summed E-state index contributed by atoms with van der Waals surface area (Å²) < 4.78 is 0. The van der Waals surface area contributed by atoms with E-state index in [0.717, 1.165) is 44.2 Å². The van der Waals surface area contributed by atoms with Gasteiger partial charge in [0.25, 0.3) is 0 Å². The second-order valence-corrected chi connectivity index (χ2v) is 3.95. The number of hydrogen-bond acceptors (Lipinski definition) is 5. The zero-order chi connectivity index (χ0) is 11.4. The topological polar surface area (TPSA) is 58.3 Å². The van der Waals surface area contributed by atoms with Gasteiger partial charge in [-0.1, -0.05) is 6.92 Å². The van der Waals surface area contributed by atoms with Crippen molar-refractivity contribution in [1.29, 1.82) is 0 Å². The highest BCUT2D eigenvalue weighted by Gasteiger charge is 2.18. The van der Waals surface area contributed by atoms with Crippen LogP contribution in [0.25, 0.3) is 0 Å². The number of piperazine rings is 1. The van der Waals surface area contributed by atoms with E-state index in [2.05, 4.69) is 26.7 Å². The van der Waals surface area contributed by atoms with Gasteiger partial charge in [-0.3, -0.25) is 4.98 Å². The Bertz CT molecular complexity index is 333. The molecule has 1 aromatic heterocycles. The molecule has 0 aromatic carbocycles. The third kappa shape index (κ3) is 2.31. The number of nitrogens with zero attached hydrogens (tertiary/aromatic N) is 4. The molecule has 1 saturated heterocycles. The van der Waals surface area contributed by atoms with Crippen LogP contribution in [-0.2, 0) is 6.54 Å². The summed E-state index contributed by atoms with van der Waals surface area (Å²) in [6, 6.07) is 0. The molecule has 0 unspecified atom stereocenters. The van der Waals surface area contributed by atoms with E-state index in [1.807, 2.05) is 0 Å². The van der Waals surface area contributed by atoms with E-state index in [9.17, 15) is 0 Å². The van der Waals surface area contributed by atoms with E-state index in [1.165, 1.54) is 0 Å². The van der Waals surface area contributed by atoms with Gasteiger partial charge in [-0.25, -0.2) is 4.98 Å². The molecular formula is C11H19N5. The first-order valence-corrected chi connectivity index (χ1v) is 5.82. The molecule has 1 aromatic rings. The minimum absolute atomic E-state index is 0.456. The molecule has 5 heteroatoms. The van der Waals surface area contributed by atoms with Crippen LogP contribution in [0.4, 0.5) is 5.82 Å². The Morgan fingerprint density at radius 1 is 1.19 bits per heavy atom. The van der Waals surface area contributed by atoms with Gasteiger partial charge in [-0.15, -0.1) is 0 Å². The summed E-state index contributed by atoms with van der Waals surface area (Å²) in [6.45, 7) is 7.99. The second kappa shape index (κ2) is 5.23. The molecule has 1 aliphatic heterocycles. The summed E-state index contributed by atoms with van der Waals surface area (Å²) in [5, 5.41) is 0. The quantitative estimate of drug-likeness (QED) is 0.783. The fourth-order valence-corrected chi connectivity index (χ4v) is 2.04. The molecule has 1 aliphatic rings. The van der Waals surface area contributed by atoms with Crippen LogP contribution in [-0.4, -0.2) is 47.6 Å². The van der Waals surface area contributed by atoms with Crippen molar-refractivity contribution in [3.05, 3.63) is 18.1 Å². The van der Waals surface area contributed by atoms with Gasteiger partial charge in [0, 0.05) is 45.1 Å². The highest BCUT2D eigenvalue weighted by molar-refractivity contribution is 5.43. The van der Waals surface area contributed by atoms with Gasteiger partial charge in [0.15, 0.2) is 5.82 Å². The predicted molar refractivity (Wildman–Crippen MR) is 64.3 cm³/mol. The summed E-state index contributed by atoms with van der Waals surface area (Å²) >= 11 is 0. The van der Waals surface area contributed by atoms with Crippen LogP contribution in [0.15, 0.2) is 12.4 Å². The number of nitrogens with two attached hydrogens (primary N) is 1. The second-order valence-electron chi connectivity index (χ2n) is 3.95. The molecule has 0 atom stereocenters. The molecule has 5 nitrogen and oxygen atoms in total. The molecule has 16 heavy (non-hydrogen) atoms. The zero-order valence-electron chi connectivity index (χ0n) is 9.76. The van der Waals surface area contributed by atoms with E-state index in [0.29, 0.717) is 6.54 Å². The summed E-state index contributed by atoms with van der Waals surface area (Å²) in [5.74, 6) is 0.959. The molecule has 0 spiro atoms. The Balaban J connectivity index is 2.07. The number of anilines is 1. The molecule has 2 N–H and O–H groups in total. The maximum absolute atomic E-state index is 5.67. The van der Waals surface area contributed by atoms with Crippen LogP contribution < -0.4 is 10.6 Å². The molecule has 2 heterocycles. The molecule has 0 aliphatic carbocycles. The Hall–Kier alpha value is -1.20. The average molecular weight is 221 g/mol. The van der Waals surface area contributed by atoms with Crippen LogP contribution >= 0.6 is 0 Å². The Morgan fingerprint density at radius 3 is 2.50 bits per heavy atom. The number of aromatic nitrogens is 2. The predicted octanol–water partition coefficient (Wildman–Crippen LogP) is 0.0772. The lowest BCUT2D eigenvalue weighted by molar-refractivity contribution is 0.270. The normalized spacial score (nSPS) is 17.8. The van der Waals surface area contributed by atoms with E-state index in [1.54, 1.807) is 12.4 Å². The zero-order valence-corrected chi connectivity index (χ0v) is 9.76.